The van der Waals surface area contributed by atoms with Crippen LogP contribution < -0.4 is 4.74 Å². The van der Waals surface area contributed by atoms with E-state index >= 15 is 0 Å². The molecule has 0 radical (unpaired) electrons. The molecule has 0 bridgehead atoms. The SMILES string of the molecule is C[C@@H](Oc1ccccc1)c1nn2c(-c3cccc(F)c3)nnc2s1. The van der Waals surface area contributed by atoms with E-state index in [-0.39, 0.29) is 11.9 Å². The molecule has 7 heteroatoms. The van der Waals surface area contributed by atoms with Gasteiger partial charge in [-0.3, -0.25) is 0 Å². The molecule has 0 fully saturated rings. The number of ether oxygens (including phenoxy) is 1. The molecule has 2 heterocycles. The lowest BCUT2D eigenvalue weighted by molar-refractivity contribution is 0.225. The van der Waals surface area contributed by atoms with Gasteiger partial charge in [0.1, 0.15) is 17.7 Å². The monoisotopic (exact) mass is 340 g/mol. The molecule has 0 saturated carbocycles. The Balaban J connectivity index is 1.67. The molecule has 0 N–H and O–H groups in total. The molecule has 24 heavy (non-hydrogen) atoms. The summed E-state index contributed by atoms with van der Waals surface area (Å²) in [7, 11) is 0. The van der Waals surface area contributed by atoms with Crippen LogP contribution in [0.2, 0.25) is 0 Å². The zero-order valence-electron chi connectivity index (χ0n) is 12.8. The minimum Gasteiger partial charge on any atom is -0.483 e. The van der Waals surface area contributed by atoms with E-state index in [9.17, 15) is 4.39 Å². The van der Waals surface area contributed by atoms with E-state index in [1.165, 1.54) is 23.5 Å². The third kappa shape index (κ3) is 2.74. The average Bonchev–Trinajstić information content (AvgIpc) is 3.16. The Morgan fingerprint density at radius 2 is 1.92 bits per heavy atom. The Hall–Kier alpha value is -2.80. The number of benzene rings is 2. The van der Waals surface area contributed by atoms with Crippen LogP contribution in [0.3, 0.4) is 0 Å². The normalized spacial score (nSPS) is 12.4. The molecule has 4 aromatic rings. The summed E-state index contributed by atoms with van der Waals surface area (Å²) in [6.07, 6.45) is -0.223. The van der Waals surface area contributed by atoms with E-state index in [4.69, 9.17) is 4.74 Å². The zero-order chi connectivity index (χ0) is 16.5. The zero-order valence-corrected chi connectivity index (χ0v) is 13.6. The van der Waals surface area contributed by atoms with E-state index in [1.807, 2.05) is 37.3 Å². The summed E-state index contributed by atoms with van der Waals surface area (Å²) in [4.78, 5) is 0.646. The second-order valence-corrected chi connectivity index (χ2v) is 6.23. The van der Waals surface area contributed by atoms with E-state index in [1.54, 1.807) is 16.6 Å². The van der Waals surface area contributed by atoms with Crippen LogP contribution in [0.5, 0.6) is 5.75 Å². The van der Waals surface area contributed by atoms with E-state index in [2.05, 4.69) is 15.3 Å². The molecular weight excluding hydrogens is 327 g/mol. The first-order valence-corrected chi connectivity index (χ1v) is 8.22. The van der Waals surface area contributed by atoms with Gasteiger partial charge in [0.2, 0.25) is 4.96 Å². The number of fused-ring (bicyclic) bond motifs is 1. The van der Waals surface area contributed by atoms with Gasteiger partial charge < -0.3 is 4.74 Å². The average molecular weight is 340 g/mol. The molecule has 5 nitrogen and oxygen atoms in total. The van der Waals surface area contributed by atoms with Crippen LogP contribution >= 0.6 is 11.3 Å². The van der Waals surface area contributed by atoms with Crippen molar-refractivity contribution in [3.05, 3.63) is 65.4 Å². The Morgan fingerprint density at radius 1 is 1.08 bits per heavy atom. The van der Waals surface area contributed by atoms with Crippen molar-refractivity contribution in [1.29, 1.82) is 0 Å². The highest BCUT2D eigenvalue weighted by atomic mass is 32.1. The molecule has 0 unspecified atom stereocenters. The van der Waals surface area contributed by atoms with Crippen molar-refractivity contribution in [2.45, 2.75) is 13.0 Å². The highest BCUT2D eigenvalue weighted by Crippen LogP contribution is 2.27. The maximum absolute atomic E-state index is 13.4. The summed E-state index contributed by atoms with van der Waals surface area (Å²) < 4.78 is 21.0. The number of para-hydroxylation sites is 1. The third-order valence-corrected chi connectivity index (χ3v) is 4.55. The van der Waals surface area contributed by atoms with Gasteiger partial charge in [0.15, 0.2) is 10.8 Å². The quantitative estimate of drug-likeness (QED) is 0.560. The van der Waals surface area contributed by atoms with E-state index in [0.717, 1.165) is 10.8 Å². The predicted molar refractivity (Wildman–Crippen MR) is 89.5 cm³/mol. The van der Waals surface area contributed by atoms with Gasteiger partial charge in [-0.25, -0.2) is 4.39 Å². The molecule has 0 aliphatic rings. The van der Waals surface area contributed by atoms with Crippen molar-refractivity contribution in [2.24, 2.45) is 0 Å². The number of nitrogens with zero attached hydrogens (tertiary/aromatic N) is 4. The number of rotatable bonds is 4. The molecule has 120 valence electrons. The Labute approximate surface area is 141 Å². The Morgan fingerprint density at radius 3 is 2.71 bits per heavy atom. The Kier molecular flexibility index (Phi) is 3.70. The molecular formula is C17H13FN4OS. The molecule has 4 rings (SSSR count). The van der Waals surface area contributed by atoms with Crippen molar-refractivity contribution < 1.29 is 9.13 Å². The summed E-state index contributed by atoms with van der Waals surface area (Å²) >= 11 is 1.40. The standard InChI is InChI=1S/C17H13FN4OS/c1-11(23-14-8-3-2-4-9-14)16-21-22-15(19-20-17(22)24-16)12-6-5-7-13(18)10-12/h2-11H,1H3/t11-/m1/s1. The molecule has 2 aromatic carbocycles. The number of halogens is 1. The predicted octanol–water partition coefficient (Wildman–Crippen LogP) is 4.13. The van der Waals surface area contributed by atoms with Crippen LogP contribution in [0.4, 0.5) is 4.39 Å². The molecule has 0 amide bonds. The highest BCUT2D eigenvalue weighted by Gasteiger charge is 2.18. The van der Waals surface area contributed by atoms with Crippen molar-refractivity contribution in [3.63, 3.8) is 0 Å². The molecule has 0 aliphatic carbocycles. The fraction of sp³-hybridized carbons (Fsp3) is 0.118. The van der Waals surface area contributed by atoms with Crippen LogP contribution in [0.25, 0.3) is 16.3 Å². The Bertz CT molecular complexity index is 983. The van der Waals surface area contributed by atoms with Gasteiger partial charge in [-0.15, -0.1) is 10.2 Å². The molecule has 0 aliphatic heterocycles. The fourth-order valence-electron chi connectivity index (χ4n) is 2.36. The summed E-state index contributed by atoms with van der Waals surface area (Å²) in [6, 6.07) is 15.8. The second kappa shape index (κ2) is 6.01. The van der Waals surface area contributed by atoms with Gasteiger partial charge in [-0.2, -0.15) is 9.61 Å². The van der Waals surface area contributed by atoms with Crippen molar-refractivity contribution >= 4 is 16.3 Å². The lowest BCUT2D eigenvalue weighted by atomic mass is 10.2. The van der Waals surface area contributed by atoms with E-state index < -0.39 is 0 Å². The van der Waals surface area contributed by atoms with Crippen molar-refractivity contribution in [1.82, 2.24) is 19.8 Å². The van der Waals surface area contributed by atoms with Crippen LogP contribution in [0, 0.1) is 5.82 Å². The summed E-state index contributed by atoms with van der Waals surface area (Å²) in [6.45, 7) is 1.93. The molecule has 0 saturated heterocycles. The van der Waals surface area contributed by atoms with Gasteiger partial charge in [0.25, 0.3) is 0 Å². The van der Waals surface area contributed by atoms with Crippen LogP contribution in [-0.4, -0.2) is 19.8 Å². The molecule has 2 aromatic heterocycles. The summed E-state index contributed by atoms with van der Waals surface area (Å²) in [5, 5.41) is 13.5. The lowest BCUT2D eigenvalue weighted by Crippen LogP contribution is -2.03. The lowest BCUT2D eigenvalue weighted by Gasteiger charge is -2.11. The van der Waals surface area contributed by atoms with E-state index in [0.29, 0.717) is 16.3 Å². The topological polar surface area (TPSA) is 52.3 Å². The first-order chi connectivity index (χ1) is 11.7. The maximum Gasteiger partial charge on any atom is 0.235 e. The summed E-state index contributed by atoms with van der Waals surface area (Å²) in [5.41, 5.74) is 0.635. The fourth-order valence-corrected chi connectivity index (χ4v) is 3.18. The van der Waals surface area contributed by atoms with Gasteiger partial charge in [-0.05, 0) is 31.2 Å². The second-order valence-electron chi connectivity index (χ2n) is 5.24. The number of aromatic nitrogens is 4. The first-order valence-electron chi connectivity index (χ1n) is 7.40. The first kappa shape index (κ1) is 14.8. The smallest absolute Gasteiger partial charge is 0.235 e. The summed E-state index contributed by atoms with van der Waals surface area (Å²) in [5.74, 6) is 0.973. The maximum atomic E-state index is 13.4. The number of hydrogen-bond acceptors (Lipinski definition) is 5. The minimum atomic E-state index is -0.319. The van der Waals surface area contributed by atoms with Crippen LogP contribution in [-0.2, 0) is 0 Å². The number of hydrogen-bond donors (Lipinski definition) is 0. The largest absolute Gasteiger partial charge is 0.483 e. The van der Waals surface area contributed by atoms with Crippen LogP contribution in [0.15, 0.2) is 54.6 Å². The molecule has 0 spiro atoms. The van der Waals surface area contributed by atoms with Gasteiger partial charge >= 0.3 is 0 Å². The van der Waals surface area contributed by atoms with Crippen LogP contribution in [0.1, 0.15) is 18.0 Å². The van der Waals surface area contributed by atoms with Gasteiger partial charge in [0.05, 0.1) is 0 Å². The van der Waals surface area contributed by atoms with Crippen molar-refractivity contribution in [2.75, 3.05) is 0 Å². The molecule has 1 atom stereocenters. The highest BCUT2D eigenvalue weighted by molar-refractivity contribution is 7.16. The van der Waals surface area contributed by atoms with Crippen molar-refractivity contribution in [3.8, 4) is 17.1 Å². The van der Waals surface area contributed by atoms with Gasteiger partial charge in [0, 0.05) is 5.56 Å². The van der Waals surface area contributed by atoms with Gasteiger partial charge in [-0.1, -0.05) is 41.7 Å². The minimum absolute atomic E-state index is 0.223. The third-order valence-electron chi connectivity index (χ3n) is 3.49.